The van der Waals surface area contributed by atoms with Gasteiger partial charge in [-0.25, -0.2) is 0 Å². The lowest BCUT2D eigenvalue weighted by Crippen LogP contribution is -2.04. The molecule has 2 heteroatoms. The first-order valence-electron chi connectivity index (χ1n) is 3.06. The van der Waals surface area contributed by atoms with Gasteiger partial charge in [0, 0.05) is 13.7 Å². The van der Waals surface area contributed by atoms with E-state index in [0.717, 1.165) is 0 Å². The summed E-state index contributed by atoms with van der Waals surface area (Å²) in [5.41, 5.74) is 7.85. The normalized spacial score (nSPS) is 13.3. The van der Waals surface area contributed by atoms with Crippen LogP contribution in [0, 0.1) is 0 Å². The van der Waals surface area contributed by atoms with E-state index in [1.165, 1.54) is 11.1 Å². The molecule has 0 atom stereocenters. The molecular weight excluding hydrogens is 114 g/mol. The van der Waals surface area contributed by atoms with Gasteiger partial charge in [0.1, 0.15) is 0 Å². The number of nitrogens with two attached hydrogens (primary N) is 1. The molecule has 0 radical (unpaired) electrons. The van der Waals surface area contributed by atoms with Gasteiger partial charge in [0.25, 0.3) is 0 Å². The first-order chi connectivity index (χ1) is 4.22. The molecule has 0 amide bonds. The van der Waals surface area contributed by atoms with Gasteiger partial charge in [0.05, 0.1) is 6.61 Å². The maximum atomic E-state index is 5.39. The Kier molecular flexibility index (Phi) is 4.36. The predicted molar refractivity (Wildman–Crippen MR) is 39.3 cm³/mol. The summed E-state index contributed by atoms with van der Waals surface area (Å²) in [7, 11) is 1.69. The standard InChI is InChI=1S/C7H15NO/c1-6(4-8)7(2)5-9-3/h4-5,8H2,1-3H3/b7-6+. The Labute approximate surface area is 56.7 Å². The summed E-state index contributed by atoms with van der Waals surface area (Å²) in [5, 5.41) is 0. The van der Waals surface area contributed by atoms with Crippen LogP contribution in [0.3, 0.4) is 0 Å². The van der Waals surface area contributed by atoms with Crippen molar-refractivity contribution in [3.63, 3.8) is 0 Å². The molecular formula is C7H15NO. The number of ether oxygens (including phenoxy) is 1. The maximum Gasteiger partial charge on any atom is 0.0673 e. The van der Waals surface area contributed by atoms with E-state index in [0.29, 0.717) is 13.2 Å². The minimum atomic E-state index is 0.634. The average molecular weight is 129 g/mol. The molecule has 9 heavy (non-hydrogen) atoms. The quantitative estimate of drug-likeness (QED) is 0.575. The fourth-order valence-electron chi connectivity index (χ4n) is 0.514. The van der Waals surface area contributed by atoms with Crippen LogP contribution in [0.2, 0.25) is 0 Å². The molecule has 0 aromatic heterocycles. The lowest BCUT2D eigenvalue weighted by molar-refractivity contribution is 0.225. The van der Waals surface area contributed by atoms with Crippen LogP contribution in [0.25, 0.3) is 0 Å². The first kappa shape index (κ1) is 8.66. The molecule has 0 aliphatic rings. The molecule has 0 spiro atoms. The molecule has 0 unspecified atom stereocenters. The zero-order chi connectivity index (χ0) is 7.28. The van der Waals surface area contributed by atoms with Crippen molar-refractivity contribution < 1.29 is 4.74 Å². The predicted octanol–water partition coefficient (Wildman–Crippen LogP) is 0.928. The Balaban J connectivity index is 3.78. The highest BCUT2D eigenvalue weighted by atomic mass is 16.5. The molecule has 0 heterocycles. The Hall–Kier alpha value is -0.340. The van der Waals surface area contributed by atoms with Gasteiger partial charge in [-0.15, -0.1) is 0 Å². The van der Waals surface area contributed by atoms with E-state index in [9.17, 15) is 0 Å². The molecule has 0 saturated heterocycles. The Morgan fingerprint density at radius 3 is 2.22 bits per heavy atom. The lowest BCUT2D eigenvalue weighted by Gasteiger charge is -2.02. The maximum absolute atomic E-state index is 5.39. The molecule has 0 fully saturated rings. The number of hydrogen-bond acceptors (Lipinski definition) is 2. The van der Waals surface area contributed by atoms with Gasteiger partial charge < -0.3 is 10.5 Å². The third-order valence-electron chi connectivity index (χ3n) is 1.40. The van der Waals surface area contributed by atoms with Crippen molar-refractivity contribution in [2.24, 2.45) is 5.73 Å². The van der Waals surface area contributed by atoms with Gasteiger partial charge >= 0.3 is 0 Å². The third kappa shape index (κ3) is 3.27. The smallest absolute Gasteiger partial charge is 0.0673 e. The molecule has 2 N–H and O–H groups in total. The van der Waals surface area contributed by atoms with Crippen LogP contribution in [-0.2, 0) is 4.74 Å². The minimum absolute atomic E-state index is 0.634. The molecule has 0 aliphatic carbocycles. The summed E-state index contributed by atoms with van der Waals surface area (Å²) in [6.07, 6.45) is 0. The zero-order valence-corrected chi connectivity index (χ0v) is 6.40. The van der Waals surface area contributed by atoms with E-state index in [1.807, 2.05) is 13.8 Å². The van der Waals surface area contributed by atoms with E-state index in [1.54, 1.807) is 7.11 Å². The summed E-state index contributed by atoms with van der Waals surface area (Å²) in [6, 6.07) is 0. The average Bonchev–Trinajstić information content (AvgIpc) is 1.87. The largest absolute Gasteiger partial charge is 0.380 e. The molecule has 0 bridgehead atoms. The molecule has 2 nitrogen and oxygen atoms in total. The van der Waals surface area contributed by atoms with Crippen molar-refractivity contribution in [2.75, 3.05) is 20.3 Å². The summed E-state index contributed by atoms with van der Waals surface area (Å²) in [4.78, 5) is 0. The van der Waals surface area contributed by atoms with Gasteiger partial charge in [-0.1, -0.05) is 5.57 Å². The first-order valence-corrected chi connectivity index (χ1v) is 3.06. The summed E-state index contributed by atoms with van der Waals surface area (Å²) in [6.45, 7) is 5.39. The monoisotopic (exact) mass is 129 g/mol. The molecule has 0 rings (SSSR count). The van der Waals surface area contributed by atoms with Gasteiger partial charge in [-0.05, 0) is 19.4 Å². The van der Waals surface area contributed by atoms with E-state index in [4.69, 9.17) is 10.5 Å². The topological polar surface area (TPSA) is 35.2 Å². The van der Waals surface area contributed by atoms with E-state index in [-0.39, 0.29) is 0 Å². The van der Waals surface area contributed by atoms with Gasteiger partial charge in [0.2, 0.25) is 0 Å². The van der Waals surface area contributed by atoms with Crippen LogP contribution in [0.5, 0.6) is 0 Å². The number of rotatable bonds is 3. The van der Waals surface area contributed by atoms with Crippen molar-refractivity contribution in [3.8, 4) is 0 Å². The highest BCUT2D eigenvalue weighted by Crippen LogP contribution is 2.00. The summed E-state index contributed by atoms with van der Waals surface area (Å²) in [5.74, 6) is 0. The fourth-order valence-corrected chi connectivity index (χ4v) is 0.514. The SMILES string of the molecule is COC/C(C)=C(\C)CN. The second kappa shape index (κ2) is 4.53. The van der Waals surface area contributed by atoms with Crippen LogP contribution in [0.1, 0.15) is 13.8 Å². The van der Waals surface area contributed by atoms with Crippen LogP contribution in [0.15, 0.2) is 11.1 Å². The van der Waals surface area contributed by atoms with Crippen molar-refractivity contribution in [3.05, 3.63) is 11.1 Å². The molecule has 0 aromatic carbocycles. The lowest BCUT2D eigenvalue weighted by atomic mass is 10.2. The zero-order valence-electron chi connectivity index (χ0n) is 6.40. The van der Waals surface area contributed by atoms with Crippen molar-refractivity contribution in [2.45, 2.75) is 13.8 Å². The van der Waals surface area contributed by atoms with E-state index >= 15 is 0 Å². The molecule has 0 saturated carbocycles. The highest BCUT2D eigenvalue weighted by molar-refractivity contribution is 5.10. The van der Waals surface area contributed by atoms with Crippen molar-refractivity contribution in [1.82, 2.24) is 0 Å². The van der Waals surface area contributed by atoms with E-state index in [2.05, 4.69) is 0 Å². The summed E-state index contributed by atoms with van der Waals surface area (Å²) < 4.78 is 4.91. The van der Waals surface area contributed by atoms with Gasteiger partial charge in [-0.2, -0.15) is 0 Å². The second-order valence-corrected chi connectivity index (χ2v) is 2.20. The number of methoxy groups -OCH3 is 1. The van der Waals surface area contributed by atoms with Gasteiger partial charge in [-0.3, -0.25) is 0 Å². The third-order valence-corrected chi connectivity index (χ3v) is 1.40. The molecule has 0 aliphatic heterocycles. The van der Waals surface area contributed by atoms with Crippen molar-refractivity contribution >= 4 is 0 Å². The van der Waals surface area contributed by atoms with Crippen LogP contribution >= 0.6 is 0 Å². The Bertz CT molecular complexity index is 107. The Morgan fingerprint density at radius 2 is 1.89 bits per heavy atom. The van der Waals surface area contributed by atoms with Crippen LogP contribution in [0.4, 0.5) is 0 Å². The summed E-state index contributed by atoms with van der Waals surface area (Å²) >= 11 is 0. The van der Waals surface area contributed by atoms with Crippen molar-refractivity contribution in [1.29, 1.82) is 0 Å². The fraction of sp³-hybridized carbons (Fsp3) is 0.714. The second-order valence-electron chi connectivity index (χ2n) is 2.20. The van der Waals surface area contributed by atoms with Gasteiger partial charge in [0.15, 0.2) is 0 Å². The van der Waals surface area contributed by atoms with Crippen LogP contribution in [-0.4, -0.2) is 20.3 Å². The molecule has 0 aromatic rings. The van der Waals surface area contributed by atoms with E-state index < -0.39 is 0 Å². The van der Waals surface area contributed by atoms with Crippen LogP contribution < -0.4 is 5.73 Å². The highest BCUT2D eigenvalue weighted by Gasteiger charge is 1.91. The number of hydrogen-bond donors (Lipinski definition) is 1. The molecule has 54 valence electrons. The minimum Gasteiger partial charge on any atom is -0.380 e. The Morgan fingerprint density at radius 1 is 1.33 bits per heavy atom.